The van der Waals surface area contributed by atoms with Crippen LogP contribution in [0.15, 0.2) is 54.6 Å². The summed E-state index contributed by atoms with van der Waals surface area (Å²) in [5.41, 5.74) is 2.34. The zero-order valence-corrected chi connectivity index (χ0v) is 16.8. The van der Waals surface area contributed by atoms with Crippen LogP contribution < -0.4 is 14.8 Å². The molecule has 0 saturated carbocycles. The van der Waals surface area contributed by atoms with Crippen molar-refractivity contribution in [2.75, 3.05) is 11.9 Å². The first-order valence-corrected chi connectivity index (χ1v) is 9.93. The number of fused-ring (bicyclic) bond motifs is 2. The number of unbranched alkanes of at least 4 members (excludes halogenated alkanes) is 1. The number of ether oxygens (including phenoxy) is 2. The van der Waals surface area contributed by atoms with E-state index in [0.717, 1.165) is 35.8 Å². The van der Waals surface area contributed by atoms with Crippen molar-refractivity contribution in [3.63, 3.8) is 0 Å². The molecule has 0 spiro atoms. The maximum Gasteiger partial charge on any atom is 0.337 e. The third-order valence-electron chi connectivity index (χ3n) is 4.97. The number of aromatic carboxylic acids is 2. The number of benzene rings is 3. The Morgan fingerprint density at radius 3 is 2.52 bits per heavy atom. The summed E-state index contributed by atoms with van der Waals surface area (Å²) in [6.07, 6.45) is 2.04. The Labute approximate surface area is 178 Å². The van der Waals surface area contributed by atoms with E-state index in [9.17, 15) is 19.8 Å². The third kappa shape index (κ3) is 4.16. The fourth-order valence-corrected chi connectivity index (χ4v) is 3.37. The van der Waals surface area contributed by atoms with Gasteiger partial charge in [0.15, 0.2) is 11.5 Å². The van der Waals surface area contributed by atoms with Gasteiger partial charge in [-0.25, -0.2) is 9.59 Å². The normalized spacial score (nSPS) is 11.5. The van der Waals surface area contributed by atoms with Crippen molar-refractivity contribution < 1.29 is 29.3 Å². The van der Waals surface area contributed by atoms with Gasteiger partial charge in [-0.2, -0.15) is 0 Å². The highest BCUT2D eigenvalue weighted by molar-refractivity contribution is 6.02. The van der Waals surface area contributed by atoms with Crippen LogP contribution in [-0.2, 0) is 0 Å². The Kier molecular flexibility index (Phi) is 5.49. The number of rotatable bonds is 7. The van der Waals surface area contributed by atoms with E-state index in [1.807, 2.05) is 36.4 Å². The van der Waals surface area contributed by atoms with Crippen LogP contribution in [0.5, 0.6) is 17.2 Å². The Morgan fingerprint density at radius 2 is 1.77 bits per heavy atom. The molecule has 0 radical (unpaired) electrons. The summed E-state index contributed by atoms with van der Waals surface area (Å²) in [7, 11) is 0. The number of carbonyl (C=O) groups is 2. The first-order chi connectivity index (χ1) is 15.0. The first kappa shape index (κ1) is 20.3. The van der Waals surface area contributed by atoms with Crippen LogP contribution in [0.1, 0.15) is 40.5 Å². The highest BCUT2D eigenvalue weighted by Crippen LogP contribution is 2.45. The Hall–Kier alpha value is -4.00. The monoisotopic (exact) mass is 419 g/mol. The Bertz CT molecular complexity index is 1170. The fourth-order valence-electron chi connectivity index (χ4n) is 3.37. The summed E-state index contributed by atoms with van der Waals surface area (Å²) in [6, 6.07) is 15.7. The SMILES string of the molecule is CCCCOc1cccc(-c2ccc3c(c2)Nc2c(cc(C(=O)O)cc2C(=O)O)O3)c1. The van der Waals surface area contributed by atoms with Gasteiger partial charge in [-0.15, -0.1) is 0 Å². The number of carboxylic acids is 2. The van der Waals surface area contributed by atoms with E-state index in [2.05, 4.69) is 12.2 Å². The second-order valence-corrected chi connectivity index (χ2v) is 7.18. The van der Waals surface area contributed by atoms with E-state index < -0.39 is 11.9 Å². The summed E-state index contributed by atoms with van der Waals surface area (Å²) in [5, 5.41) is 21.9. The predicted octanol–water partition coefficient (Wildman–Crippen LogP) is 5.78. The van der Waals surface area contributed by atoms with E-state index in [-0.39, 0.29) is 22.6 Å². The Balaban J connectivity index is 1.67. The predicted molar refractivity (Wildman–Crippen MR) is 116 cm³/mol. The lowest BCUT2D eigenvalue weighted by Crippen LogP contribution is -2.11. The number of nitrogens with one attached hydrogen (secondary N) is 1. The van der Waals surface area contributed by atoms with Gasteiger partial charge in [-0.3, -0.25) is 0 Å². The average Bonchev–Trinajstić information content (AvgIpc) is 2.76. The second kappa shape index (κ2) is 8.39. The van der Waals surface area contributed by atoms with Gasteiger partial charge in [0.1, 0.15) is 5.75 Å². The molecule has 0 bridgehead atoms. The molecule has 0 fully saturated rings. The molecule has 3 aromatic rings. The number of carboxylic acid groups (broad SMARTS) is 2. The van der Waals surface area contributed by atoms with Crippen LogP contribution >= 0.6 is 0 Å². The van der Waals surface area contributed by atoms with Crippen LogP contribution in [0.4, 0.5) is 11.4 Å². The van der Waals surface area contributed by atoms with Gasteiger partial charge in [0.05, 0.1) is 29.1 Å². The van der Waals surface area contributed by atoms with Crippen LogP contribution in [-0.4, -0.2) is 28.8 Å². The van der Waals surface area contributed by atoms with Gasteiger partial charge in [0.2, 0.25) is 0 Å². The molecule has 0 atom stereocenters. The molecule has 4 rings (SSSR count). The van der Waals surface area contributed by atoms with Crippen molar-refractivity contribution in [3.05, 3.63) is 65.7 Å². The van der Waals surface area contributed by atoms with Crippen molar-refractivity contribution in [2.45, 2.75) is 19.8 Å². The van der Waals surface area contributed by atoms with Crippen molar-refractivity contribution >= 4 is 23.3 Å². The summed E-state index contributed by atoms with van der Waals surface area (Å²) < 4.78 is 11.6. The molecule has 7 nitrogen and oxygen atoms in total. The fraction of sp³-hybridized carbons (Fsp3) is 0.167. The molecule has 0 saturated heterocycles. The van der Waals surface area contributed by atoms with Crippen LogP contribution in [0.3, 0.4) is 0 Å². The highest BCUT2D eigenvalue weighted by atomic mass is 16.5. The largest absolute Gasteiger partial charge is 0.494 e. The van der Waals surface area contributed by atoms with Gasteiger partial charge in [0.25, 0.3) is 0 Å². The van der Waals surface area contributed by atoms with E-state index in [1.54, 1.807) is 6.07 Å². The molecule has 0 aromatic heterocycles. The molecule has 158 valence electrons. The minimum Gasteiger partial charge on any atom is -0.494 e. The zero-order valence-electron chi connectivity index (χ0n) is 16.8. The minimum absolute atomic E-state index is 0.155. The molecule has 0 unspecified atom stereocenters. The standard InChI is InChI=1S/C24H21NO6/c1-2-3-9-30-17-6-4-5-14(10-17)15-7-8-20-19(12-15)25-22-18(24(28)29)11-16(23(26)27)13-21(22)31-20/h4-8,10-13,25H,2-3,9H2,1H3,(H,26,27)(H,28,29). The minimum atomic E-state index is -1.24. The zero-order chi connectivity index (χ0) is 22.0. The molecule has 0 amide bonds. The Morgan fingerprint density at radius 1 is 0.968 bits per heavy atom. The molecule has 1 aliphatic heterocycles. The molecular weight excluding hydrogens is 398 g/mol. The van der Waals surface area contributed by atoms with Crippen molar-refractivity contribution in [1.82, 2.24) is 0 Å². The molecule has 3 N–H and O–H groups in total. The maximum atomic E-state index is 11.7. The molecule has 31 heavy (non-hydrogen) atoms. The molecule has 1 heterocycles. The molecule has 3 aromatic carbocycles. The molecule has 7 heteroatoms. The number of anilines is 2. The smallest absolute Gasteiger partial charge is 0.337 e. The first-order valence-electron chi connectivity index (χ1n) is 9.93. The van der Waals surface area contributed by atoms with Crippen molar-refractivity contribution in [1.29, 1.82) is 0 Å². The summed E-state index contributed by atoms with van der Waals surface area (Å²) in [5.74, 6) is -1.05. The van der Waals surface area contributed by atoms with Gasteiger partial charge < -0.3 is 25.0 Å². The lowest BCUT2D eigenvalue weighted by molar-refractivity contribution is 0.0696. The van der Waals surface area contributed by atoms with E-state index in [4.69, 9.17) is 9.47 Å². The lowest BCUT2D eigenvalue weighted by atomic mass is 10.0. The quantitative estimate of drug-likeness (QED) is 0.326. The average molecular weight is 419 g/mol. The topological polar surface area (TPSA) is 105 Å². The summed E-state index contributed by atoms with van der Waals surface area (Å²) in [4.78, 5) is 23.0. The molecular formula is C24H21NO6. The lowest BCUT2D eigenvalue weighted by Gasteiger charge is -2.24. The maximum absolute atomic E-state index is 11.7. The number of hydrogen-bond acceptors (Lipinski definition) is 5. The molecule has 1 aliphatic rings. The highest BCUT2D eigenvalue weighted by Gasteiger charge is 2.25. The van der Waals surface area contributed by atoms with Crippen molar-refractivity contribution in [2.24, 2.45) is 0 Å². The summed E-state index contributed by atoms with van der Waals surface area (Å²) >= 11 is 0. The van der Waals surface area contributed by atoms with Crippen molar-refractivity contribution in [3.8, 4) is 28.4 Å². The second-order valence-electron chi connectivity index (χ2n) is 7.18. The van der Waals surface area contributed by atoms with Crippen LogP contribution in [0, 0.1) is 0 Å². The van der Waals surface area contributed by atoms with Crippen LogP contribution in [0.25, 0.3) is 11.1 Å². The van der Waals surface area contributed by atoms with E-state index >= 15 is 0 Å². The van der Waals surface area contributed by atoms with Gasteiger partial charge >= 0.3 is 11.9 Å². The van der Waals surface area contributed by atoms with E-state index in [0.29, 0.717) is 18.0 Å². The third-order valence-corrected chi connectivity index (χ3v) is 4.97. The van der Waals surface area contributed by atoms with Gasteiger partial charge in [-0.1, -0.05) is 31.5 Å². The molecule has 0 aliphatic carbocycles. The van der Waals surface area contributed by atoms with E-state index in [1.165, 1.54) is 6.07 Å². The summed E-state index contributed by atoms with van der Waals surface area (Å²) in [6.45, 7) is 2.77. The van der Waals surface area contributed by atoms with Crippen LogP contribution in [0.2, 0.25) is 0 Å². The van der Waals surface area contributed by atoms with Gasteiger partial charge in [0, 0.05) is 0 Å². The number of hydrogen-bond donors (Lipinski definition) is 3. The van der Waals surface area contributed by atoms with Gasteiger partial charge in [-0.05, 0) is 53.9 Å².